The fourth-order valence-corrected chi connectivity index (χ4v) is 2.67. The van der Waals surface area contributed by atoms with Gasteiger partial charge in [-0.05, 0) is 5.56 Å². The standard InChI is InChI=1S/C15H15N5O2S/c1-10-17-13(20-22-10)8-16-14(21)19-15-18-12(9-23-15)7-11-5-3-2-4-6-11/h2-6,9H,7-8H2,1H3,(H2,16,18,19,21). The zero-order chi connectivity index (χ0) is 16.1. The Morgan fingerprint density at radius 2 is 2.09 bits per heavy atom. The Morgan fingerprint density at radius 3 is 2.83 bits per heavy atom. The minimum atomic E-state index is -0.354. The zero-order valence-corrected chi connectivity index (χ0v) is 13.3. The number of aromatic nitrogens is 3. The van der Waals surface area contributed by atoms with Gasteiger partial charge in [-0.3, -0.25) is 5.32 Å². The van der Waals surface area contributed by atoms with Gasteiger partial charge in [0.2, 0.25) is 5.89 Å². The highest BCUT2D eigenvalue weighted by Gasteiger charge is 2.08. The number of carbonyl (C=O) groups excluding carboxylic acids is 1. The van der Waals surface area contributed by atoms with Crippen molar-refractivity contribution < 1.29 is 9.32 Å². The Hall–Kier alpha value is -2.74. The van der Waals surface area contributed by atoms with Gasteiger partial charge in [0, 0.05) is 18.7 Å². The van der Waals surface area contributed by atoms with E-state index in [0.29, 0.717) is 16.8 Å². The van der Waals surface area contributed by atoms with Crippen molar-refractivity contribution in [1.82, 2.24) is 20.4 Å². The van der Waals surface area contributed by atoms with E-state index < -0.39 is 0 Å². The van der Waals surface area contributed by atoms with Gasteiger partial charge in [0.1, 0.15) is 0 Å². The average molecular weight is 329 g/mol. The second kappa shape index (κ2) is 7.01. The summed E-state index contributed by atoms with van der Waals surface area (Å²) in [6.45, 7) is 1.89. The van der Waals surface area contributed by atoms with Gasteiger partial charge in [-0.15, -0.1) is 11.3 Å². The monoisotopic (exact) mass is 329 g/mol. The number of urea groups is 1. The van der Waals surface area contributed by atoms with E-state index in [1.807, 2.05) is 35.7 Å². The topological polar surface area (TPSA) is 92.9 Å². The predicted molar refractivity (Wildman–Crippen MR) is 86.3 cm³/mol. The van der Waals surface area contributed by atoms with E-state index in [-0.39, 0.29) is 12.6 Å². The van der Waals surface area contributed by atoms with E-state index in [1.54, 1.807) is 6.92 Å². The van der Waals surface area contributed by atoms with Crippen LogP contribution in [-0.2, 0) is 13.0 Å². The van der Waals surface area contributed by atoms with Crippen molar-refractivity contribution in [2.45, 2.75) is 19.9 Å². The first kappa shape index (κ1) is 15.2. The largest absolute Gasteiger partial charge is 0.340 e. The van der Waals surface area contributed by atoms with Gasteiger partial charge >= 0.3 is 6.03 Å². The molecule has 3 aromatic rings. The molecule has 3 rings (SSSR count). The summed E-state index contributed by atoms with van der Waals surface area (Å²) in [6.07, 6.45) is 0.739. The van der Waals surface area contributed by atoms with Crippen LogP contribution >= 0.6 is 11.3 Å². The van der Waals surface area contributed by atoms with E-state index in [9.17, 15) is 4.79 Å². The van der Waals surface area contributed by atoms with E-state index in [1.165, 1.54) is 16.9 Å². The third-order valence-corrected chi connectivity index (χ3v) is 3.78. The minimum absolute atomic E-state index is 0.200. The van der Waals surface area contributed by atoms with Gasteiger partial charge in [-0.1, -0.05) is 35.5 Å². The molecular formula is C15H15N5O2S. The Bertz CT molecular complexity index is 784. The van der Waals surface area contributed by atoms with Crippen molar-refractivity contribution in [3.8, 4) is 0 Å². The van der Waals surface area contributed by atoms with E-state index >= 15 is 0 Å². The van der Waals surface area contributed by atoms with Crippen LogP contribution < -0.4 is 10.6 Å². The third-order valence-electron chi connectivity index (χ3n) is 2.98. The highest BCUT2D eigenvalue weighted by Crippen LogP contribution is 2.18. The number of thiazole rings is 1. The normalized spacial score (nSPS) is 10.5. The highest BCUT2D eigenvalue weighted by atomic mass is 32.1. The molecule has 7 nitrogen and oxygen atoms in total. The lowest BCUT2D eigenvalue weighted by molar-refractivity contribution is 0.251. The molecule has 0 unspecified atom stereocenters. The second-order valence-corrected chi connectivity index (χ2v) is 5.70. The molecule has 0 radical (unpaired) electrons. The first-order valence-corrected chi connectivity index (χ1v) is 7.89. The van der Waals surface area contributed by atoms with Crippen LogP contribution in [0.4, 0.5) is 9.93 Å². The molecule has 23 heavy (non-hydrogen) atoms. The number of hydrogen-bond acceptors (Lipinski definition) is 6. The number of nitrogens with zero attached hydrogens (tertiary/aromatic N) is 3. The average Bonchev–Trinajstić information content (AvgIpc) is 3.15. The maximum absolute atomic E-state index is 11.8. The smallest absolute Gasteiger partial charge is 0.321 e. The number of amides is 2. The molecule has 0 saturated heterocycles. The summed E-state index contributed by atoms with van der Waals surface area (Å²) < 4.78 is 4.83. The molecule has 0 aliphatic rings. The molecule has 0 aliphatic heterocycles. The zero-order valence-electron chi connectivity index (χ0n) is 12.4. The molecule has 0 spiro atoms. The number of anilines is 1. The Morgan fingerprint density at radius 1 is 1.26 bits per heavy atom. The molecule has 2 amide bonds. The summed E-state index contributed by atoms with van der Waals surface area (Å²) in [5.41, 5.74) is 2.10. The third kappa shape index (κ3) is 4.36. The summed E-state index contributed by atoms with van der Waals surface area (Å²) in [5.74, 6) is 0.897. The fourth-order valence-electron chi connectivity index (χ4n) is 1.96. The number of carbonyl (C=O) groups is 1. The van der Waals surface area contributed by atoms with Crippen LogP contribution in [0.3, 0.4) is 0 Å². The van der Waals surface area contributed by atoms with Crippen LogP contribution in [0.15, 0.2) is 40.2 Å². The van der Waals surface area contributed by atoms with Gasteiger partial charge in [-0.25, -0.2) is 9.78 Å². The van der Waals surface area contributed by atoms with E-state index in [0.717, 1.165) is 12.1 Å². The Balaban J connectivity index is 1.51. The number of benzene rings is 1. The fraction of sp³-hybridized carbons (Fsp3) is 0.200. The molecule has 2 heterocycles. The lowest BCUT2D eigenvalue weighted by Crippen LogP contribution is -2.28. The summed E-state index contributed by atoms with van der Waals surface area (Å²) in [6, 6.07) is 9.71. The molecular weight excluding hydrogens is 314 g/mol. The molecule has 2 N–H and O–H groups in total. The van der Waals surface area contributed by atoms with Crippen LogP contribution in [0.5, 0.6) is 0 Å². The second-order valence-electron chi connectivity index (χ2n) is 4.84. The van der Waals surface area contributed by atoms with Crippen LogP contribution in [-0.4, -0.2) is 21.2 Å². The SMILES string of the molecule is Cc1nc(CNC(=O)Nc2nc(Cc3ccccc3)cs2)no1. The summed E-state index contributed by atoms with van der Waals surface area (Å²) >= 11 is 1.39. The molecule has 118 valence electrons. The van der Waals surface area contributed by atoms with E-state index in [4.69, 9.17) is 4.52 Å². The molecule has 0 fully saturated rings. The molecule has 1 aromatic carbocycles. The first-order chi connectivity index (χ1) is 11.2. The number of nitrogens with one attached hydrogen (secondary N) is 2. The van der Waals surface area contributed by atoms with Gasteiger partial charge in [-0.2, -0.15) is 4.98 Å². The quantitative estimate of drug-likeness (QED) is 0.751. The molecule has 0 aliphatic carbocycles. The van der Waals surface area contributed by atoms with Gasteiger partial charge < -0.3 is 9.84 Å². The number of hydrogen-bond donors (Lipinski definition) is 2. The maximum atomic E-state index is 11.8. The van der Waals surface area contributed by atoms with Crippen LogP contribution in [0.1, 0.15) is 23.0 Å². The minimum Gasteiger partial charge on any atom is -0.340 e. The van der Waals surface area contributed by atoms with Crippen LogP contribution in [0.2, 0.25) is 0 Å². The van der Waals surface area contributed by atoms with Crippen molar-refractivity contribution >= 4 is 22.5 Å². The van der Waals surface area contributed by atoms with Crippen LogP contribution in [0, 0.1) is 6.92 Å². The maximum Gasteiger partial charge on any atom is 0.321 e. The first-order valence-electron chi connectivity index (χ1n) is 7.01. The molecule has 8 heteroatoms. The highest BCUT2D eigenvalue weighted by molar-refractivity contribution is 7.13. The summed E-state index contributed by atoms with van der Waals surface area (Å²) in [7, 11) is 0. The Labute approximate surface area is 136 Å². The van der Waals surface area contributed by atoms with Gasteiger partial charge in [0.15, 0.2) is 11.0 Å². The lowest BCUT2D eigenvalue weighted by Gasteiger charge is -2.02. The Kier molecular flexibility index (Phi) is 4.62. The van der Waals surface area contributed by atoms with E-state index in [2.05, 4.69) is 25.8 Å². The number of rotatable bonds is 5. The van der Waals surface area contributed by atoms with Crippen molar-refractivity contribution in [1.29, 1.82) is 0 Å². The molecule has 0 saturated carbocycles. The van der Waals surface area contributed by atoms with Crippen molar-refractivity contribution in [2.75, 3.05) is 5.32 Å². The van der Waals surface area contributed by atoms with Crippen molar-refractivity contribution in [2.24, 2.45) is 0 Å². The lowest BCUT2D eigenvalue weighted by atomic mass is 10.1. The molecule has 0 atom stereocenters. The number of aryl methyl sites for hydroxylation is 1. The molecule has 0 bridgehead atoms. The van der Waals surface area contributed by atoms with Crippen LogP contribution in [0.25, 0.3) is 0 Å². The van der Waals surface area contributed by atoms with Crippen molar-refractivity contribution in [3.63, 3.8) is 0 Å². The van der Waals surface area contributed by atoms with Crippen molar-refractivity contribution in [3.05, 3.63) is 58.7 Å². The van der Waals surface area contributed by atoms with Gasteiger partial charge in [0.05, 0.1) is 12.2 Å². The molecule has 2 aromatic heterocycles. The summed E-state index contributed by atoms with van der Waals surface area (Å²) in [5, 5.41) is 11.5. The predicted octanol–water partition coefficient (Wildman–Crippen LogP) is 2.75. The van der Waals surface area contributed by atoms with Gasteiger partial charge in [0.25, 0.3) is 0 Å². The summed E-state index contributed by atoms with van der Waals surface area (Å²) in [4.78, 5) is 20.2.